The highest BCUT2D eigenvalue weighted by Gasteiger charge is 2.25. The third-order valence-corrected chi connectivity index (χ3v) is 4.58. The molecule has 2 fully saturated rings. The number of nitrogens with one attached hydrogen (secondary N) is 1. The van der Waals surface area contributed by atoms with E-state index in [-0.39, 0.29) is 10.6 Å². The summed E-state index contributed by atoms with van der Waals surface area (Å²) in [7, 11) is 2.17. The second kappa shape index (κ2) is 5.89. The zero-order valence-corrected chi connectivity index (χ0v) is 12.5. The monoisotopic (exact) mass is 291 g/mol. The van der Waals surface area contributed by atoms with Crippen molar-refractivity contribution in [2.24, 2.45) is 0 Å². The first kappa shape index (κ1) is 14.1. The Labute approximate surface area is 125 Å². The molecule has 6 heteroatoms. The predicted molar refractivity (Wildman–Crippen MR) is 83.4 cm³/mol. The van der Waals surface area contributed by atoms with Gasteiger partial charge in [0.15, 0.2) is 0 Å². The molecule has 0 unspecified atom stereocenters. The first-order chi connectivity index (χ1) is 10.1. The highest BCUT2D eigenvalue weighted by Crippen LogP contribution is 2.33. The van der Waals surface area contributed by atoms with Gasteiger partial charge in [0.25, 0.3) is 5.69 Å². The zero-order valence-electron chi connectivity index (χ0n) is 12.5. The Morgan fingerprint density at radius 1 is 1.10 bits per heavy atom. The van der Waals surface area contributed by atoms with Gasteiger partial charge in [0.05, 0.1) is 38.2 Å². The standard InChI is InChI=1S/C15H22N4O2/c1-16-8-10-18(11-9-16)15-12-13(17-6-2-3-7-17)4-5-14(15)19(20)21/h4-5,12H,2-3,6-11H2,1H3/p+1. The highest BCUT2D eigenvalue weighted by molar-refractivity contribution is 5.70. The Morgan fingerprint density at radius 3 is 2.38 bits per heavy atom. The van der Waals surface area contributed by atoms with Gasteiger partial charge in [-0.25, -0.2) is 0 Å². The molecule has 2 aliphatic heterocycles. The molecule has 0 bridgehead atoms. The molecule has 0 saturated carbocycles. The summed E-state index contributed by atoms with van der Waals surface area (Å²) in [6, 6.07) is 5.59. The van der Waals surface area contributed by atoms with Crippen LogP contribution in [0.2, 0.25) is 0 Å². The van der Waals surface area contributed by atoms with Crippen molar-refractivity contribution in [3.05, 3.63) is 28.3 Å². The van der Waals surface area contributed by atoms with Crippen LogP contribution in [0.1, 0.15) is 12.8 Å². The minimum absolute atomic E-state index is 0.234. The van der Waals surface area contributed by atoms with Crippen LogP contribution in [0.25, 0.3) is 0 Å². The zero-order chi connectivity index (χ0) is 14.8. The van der Waals surface area contributed by atoms with E-state index in [2.05, 4.69) is 16.8 Å². The number of quaternary nitrogens is 1. The van der Waals surface area contributed by atoms with Gasteiger partial charge in [-0.3, -0.25) is 10.1 Å². The van der Waals surface area contributed by atoms with Crippen molar-refractivity contribution in [2.75, 3.05) is 56.1 Å². The maximum Gasteiger partial charge on any atom is 0.292 e. The van der Waals surface area contributed by atoms with Crippen LogP contribution in [0, 0.1) is 10.1 Å². The van der Waals surface area contributed by atoms with Gasteiger partial charge in [0.2, 0.25) is 0 Å². The number of rotatable bonds is 3. The molecule has 0 atom stereocenters. The van der Waals surface area contributed by atoms with Crippen molar-refractivity contribution in [2.45, 2.75) is 12.8 Å². The lowest BCUT2D eigenvalue weighted by molar-refractivity contribution is -0.880. The SMILES string of the molecule is C[NH+]1CCN(c2cc(N3CCCC3)ccc2[N+](=O)[O-])CC1. The predicted octanol–water partition coefficient (Wildman–Crippen LogP) is 0.530. The van der Waals surface area contributed by atoms with E-state index in [1.54, 1.807) is 6.07 Å². The number of anilines is 2. The second-order valence-corrected chi connectivity index (χ2v) is 6.07. The summed E-state index contributed by atoms with van der Waals surface area (Å²) >= 11 is 0. The third kappa shape index (κ3) is 2.95. The molecule has 0 spiro atoms. The Kier molecular flexibility index (Phi) is 3.96. The van der Waals surface area contributed by atoms with E-state index in [1.165, 1.54) is 17.7 Å². The number of piperazine rings is 1. The van der Waals surface area contributed by atoms with E-state index in [9.17, 15) is 10.1 Å². The third-order valence-electron chi connectivity index (χ3n) is 4.58. The van der Waals surface area contributed by atoms with Gasteiger partial charge in [0, 0.05) is 24.8 Å². The summed E-state index contributed by atoms with van der Waals surface area (Å²) in [4.78, 5) is 17.1. The molecule has 0 radical (unpaired) electrons. The molecule has 1 aromatic rings. The number of nitro benzene ring substituents is 1. The number of likely N-dealkylation sites (N-methyl/N-ethyl adjacent to an activating group) is 1. The fourth-order valence-corrected chi connectivity index (χ4v) is 3.22. The lowest BCUT2D eigenvalue weighted by Crippen LogP contribution is -3.12. The van der Waals surface area contributed by atoms with E-state index in [0.717, 1.165) is 50.6 Å². The molecule has 0 aliphatic carbocycles. The van der Waals surface area contributed by atoms with Crippen LogP contribution in [0.15, 0.2) is 18.2 Å². The van der Waals surface area contributed by atoms with E-state index in [4.69, 9.17) is 0 Å². The van der Waals surface area contributed by atoms with Crippen molar-refractivity contribution in [3.63, 3.8) is 0 Å². The van der Waals surface area contributed by atoms with E-state index in [0.29, 0.717) is 0 Å². The summed E-state index contributed by atoms with van der Waals surface area (Å²) in [5, 5.41) is 11.3. The minimum Gasteiger partial charge on any atom is -0.371 e. The molecule has 3 rings (SSSR count). The smallest absolute Gasteiger partial charge is 0.292 e. The maximum absolute atomic E-state index is 11.3. The molecular weight excluding hydrogens is 268 g/mol. The van der Waals surface area contributed by atoms with Gasteiger partial charge < -0.3 is 14.7 Å². The van der Waals surface area contributed by atoms with E-state index < -0.39 is 0 Å². The largest absolute Gasteiger partial charge is 0.371 e. The van der Waals surface area contributed by atoms with Crippen LogP contribution >= 0.6 is 0 Å². The molecule has 114 valence electrons. The molecule has 2 heterocycles. The summed E-state index contributed by atoms with van der Waals surface area (Å²) in [6.07, 6.45) is 2.42. The quantitative estimate of drug-likeness (QED) is 0.652. The van der Waals surface area contributed by atoms with Crippen molar-refractivity contribution < 1.29 is 9.82 Å². The highest BCUT2D eigenvalue weighted by atomic mass is 16.6. The average Bonchev–Trinajstić information content (AvgIpc) is 3.01. The van der Waals surface area contributed by atoms with Crippen molar-refractivity contribution in [3.8, 4) is 0 Å². The molecule has 1 N–H and O–H groups in total. The van der Waals surface area contributed by atoms with Crippen LogP contribution in [0.3, 0.4) is 0 Å². The first-order valence-corrected chi connectivity index (χ1v) is 7.75. The lowest BCUT2D eigenvalue weighted by atomic mass is 10.2. The number of nitrogens with zero attached hydrogens (tertiary/aromatic N) is 3. The molecule has 0 aromatic heterocycles. The topological polar surface area (TPSA) is 54.1 Å². The molecule has 2 saturated heterocycles. The van der Waals surface area contributed by atoms with Crippen molar-refractivity contribution in [1.29, 1.82) is 0 Å². The van der Waals surface area contributed by atoms with Gasteiger partial charge in [-0.1, -0.05) is 0 Å². The molecule has 6 nitrogen and oxygen atoms in total. The van der Waals surface area contributed by atoms with Crippen molar-refractivity contribution >= 4 is 17.1 Å². The minimum atomic E-state index is -0.256. The fraction of sp³-hybridized carbons (Fsp3) is 0.600. The molecule has 21 heavy (non-hydrogen) atoms. The van der Waals surface area contributed by atoms with Crippen LogP contribution in [-0.4, -0.2) is 51.2 Å². The first-order valence-electron chi connectivity index (χ1n) is 7.75. The van der Waals surface area contributed by atoms with Gasteiger partial charge in [0.1, 0.15) is 5.69 Å². The van der Waals surface area contributed by atoms with Crippen molar-refractivity contribution in [1.82, 2.24) is 0 Å². The molecule has 0 amide bonds. The summed E-state index contributed by atoms with van der Waals surface area (Å²) < 4.78 is 0. The summed E-state index contributed by atoms with van der Waals surface area (Å²) in [6.45, 7) is 5.96. The van der Waals surface area contributed by atoms with Crippen LogP contribution in [0.4, 0.5) is 17.1 Å². The second-order valence-electron chi connectivity index (χ2n) is 6.07. The number of hydrogen-bond acceptors (Lipinski definition) is 4. The Morgan fingerprint density at radius 2 is 1.76 bits per heavy atom. The Balaban J connectivity index is 1.90. The van der Waals surface area contributed by atoms with Gasteiger partial charge >= 0.3 is 0 Å². The number of nitro groups is 1. The summed E-state index contributed by atoms with van der Waals surface area (Å²) in [5.74, 6) is 0. The van der Waals surface area contributed by atoms with Crippen LogP contribution in [0.5, 0.6) is 0 Å². The lowest BCUT2D eigenvalue weighted by Gasteiger charge is -2.32. The normalized spacial score (nSPS) is 20.0. The average molecular weight is 291 g/mol. The molecular formula is C15H23N4O2+. The Hall–Kier alpha value is -1.82. The maximum atomic E-state index is 11.3. The Bertz CT molecular complexity index is 520. The molecule has 1 aromatic carbocycles. The van der Waals surface area contributed by atoms with Gasteiger partial charge in [-0.05, 0) is 25.0 Å². The number of hydrogen-bond donors (Lipinski definition) is 1. The van der Waals surface area contributed by atoms with E-state index >= 15 is 0 Å². The van der Waals surface area contributed by atoms with Gasteiger partial charge in [-0.15, -0.1) is 0 Å². The van der Waals surface area contributed by atoms with E-state index in [1.807, 2.05) is 12.1 Å². The number of benzene rings is 1. The van der Waals surface area contributed by atoms with Crippen LogP contribution < -0.4 is 14.7 Å². The summed E-state index contributed by atoms with van der Waals surface area (Å²) in [5.41, 5.74) is 2.15. The van der Waals surface area contributed by atoms with Crippen LogP contribution in [-0.2, 0) is 0 Å². The fourth-order valence-electron chi connectivity index (χ4n) is 3.22. The van der Waals surface area contributed by atoms with Gasteiger partial charge in [-0.2, -0.15) is 0 Å². The molecule has 2 aliphatic rings.